The van der Waals surface area contributed by atoms with Gasteiger partial charge in [0.15, 0.2) is 5.82 Å². The first-order valence-electron chi connectivity index (χ1n) is 5.12. The fraction of sp³-hybridized carbons (Fsp3) is 0.0833. The number of halogens is 1. The highest BCUT2D eigenvalue weighted by molar-refractivity contribution is 6.29. The molecule has 1 heterocycles. The first-order valence-corrected chi connectivity index (χ1v) is 5.50. The number of hydrogen-bond donors (Lipinski definition) is 1. The Morgan fingerprint density at radius 3 is 2.61 bits per heavy atom. The summed E-state index contributed by atoms with van der Waals surface area (Å²) in [4.78, 5) is 19.6. The lowest BCUT2D eigenvalue weighted by Gasteiger charge is -2.05. The molecule has 92 valence electrons. The summed E-state index contributed by atoms with van der Waals surface area (Å²) in [5.74, 6) is 0.714. The van der Waals surface area contributed by atoms with E-state index in [-0.39, 0.29) is 11.1 Å². The molecule has 2 aromatic rings. The van der Waals surface area contributed by atoms with E-state index in [1.165, 1.54) is 12.4 Å². The van der Waals surface area contributed by atoms with Gasteiger partial charge < -0.3 is 10.1 Å². The van der Waals surface area contributed by atoms with Crippen molar-refractivity contribution in [3.63, 3.8) is 0 Å². The van der Waals surface area contributed by atoms with Crippen LogP contribution in [0.1, 0.15) is 10.4 Å². The molecule has 1 aromatic heterocycles. The van der Waals surface area contributed by atoms with Crippen LogP contribution >= 0.6 is 11.6 Å². The van der Waals surface area contributed by atoms with E-state index in [1.54, 1.807) is 31.4 Å². The molecule has 0 unspecified atom stereocenters. The monoisotopic (exact) mass is 263 g/mol. The first-order chi connectivity index (χ1) is 8.69. The molecule has 0 spiro atoms. The van der Waals surface area contributed by atoms with Crippen LogP contribution in [0, 0.1) is 0 Å². The predicted octanol–water partition coefficient (Wildman–Crippen LogP) is 2.39. The summed E-state index contributed by atoms with van der Waals surface area (Å²) in [5.41, 5.74) is 0.498. The number of nitrogens with one attached hydrogen (secondary N) is 1. The molecule has 0 radical (unpaired) electrons. The number of ether oxygens (including phenoxy) is 1. The number of amides is 1. The Hall–Kier alpha value is -2.14. The second-order valence-electron chi connectivity index (χ2n) is 3.41. The van der Waals surface area contributed by atoms with E-state index < -0.39 is 0 Å². The molecule has 1 amide bonds. The molecular formula is C12H10ClN3O2. The van der Waals surface area contributed by atoms with Crippen molar-refractivity contribution in [1.82, 2.24) is 9.97 Å². The van der Waals surface area contributed by atoms with Gasteiger partial charge in [-0.3, -0.25) is 9.78 Å². The minimum absolute atomic E-state index is 0.225. The van der Waals surface area contributed by atoms with Crippen molar-refractivity contribution in [2.24, 2.45) is 0 Å². The molecule has 0 atom stereocenters. The number of carbonyl (C=O) groups is 1. The molecule has 5 nitrogen and oxygen atoms in total. The van der Waals surface area contributed by atoms with Gasteiger partial charge in [-0.2, -0.15) is 0 Å². The van der Waals surface area contributed by atoms with Crippen molar-refractivity contribution in [3.05, 3.63) is 47.4 Å². The highest BCUT2D eigenvalue weighted by Gasteiger charge is 2.07. The smallest absolute Gasteiger partial charge is 0.256 e. The number of rotatable bonds is 3. The summed E-state index contributed by atoms with van der Waals surface area (Å²) in [6, 6.07) is 6.73. The highest BCUT2D eigenvalue weighted by atomic mass is 35.5. The maximum Gasteiger partial charge on any atom is 0.256 e. The van der Waals surface area contributed by atoms with Crippen molar-refractivity contribution in [2.45, 2.75) is 0 Å². The van der Waals surface area contributed by atoms with Gasteiger partial charge in [0.05, 0.1) is 19.5 Å². The molecule has 0 fully saturated rings. The van der Waals surface area contributed by atoms with Gasteiger partial charge in [0.2, 0.25) is 0 Å². The minimum Gasteiger partial charge on any atom is -0.497 e. The van der Waals surface area contributed by atoms with Crippen LogP contribution in [0.15, 0.2) is 36.7 Å². The maximum atomic E-state index is 11.9. The predicted molar refractivity (Wildman–Crippen MR) is 68.0 cm³/mol. The van der Waals surface area contributed by atoms with E-state index in [0.717, 1.165) is 0 Å². The Kier molecular flexibility index (Phi) is 3.74. The topological polar surface area (TPSA) is 64.1 Å². The average molecular weight is 264 g/mol. The van der Waals surface area contributed by atoms with Crippen LogP contribution in [0.4, 0.5) is 5.82 Å². The SMILES string of the molecule is COc1ccc(C(=O)Nc2cncc(Cl)n2)cc1. The standard InChI is InChI=1S/C12H10ClN3O2/c1-18-9-4-2-8(3-5-9)12(17)16-11-7-14-6-10(13)15-11/h2-7H,1H3,(H,15,16,17). The molecule has 0 aliphatic heterocycles. The van der Waals surface area contributed by atoms with E-state index in [4.69, 9.17) is 16.3 Å². The molecule has 0 bridgehead atoms. The minimum atomic E-state index is -0.283. The van der Waals surface area contributed by atoms with Gasteiger partial charge in [0.1, 0.15) is 10.9 Å². The third-order valence-electron chi connectivity index (χ3n) is 2.20. The van der Waals surface area contributed by atoms with Crippen molar-refractivity contribution >= 4 is 23.3 Å². The quantitative estimate of drug-likeness (QED) is 0.923. The number of anilines is 1. The highest BCUT2D eigenvalue weighted by Crippen LogP contribution is 2.13. The van der Waals surface area contributed by atoms with Crippen molar-refractivity contribution in [3.8, 4) is 5.75 Å². The van der Waals surface area contributed by atoms with Crippen molar-refractivity contribution in [1.29, 1.82) is 0 Å². The summed E-state index contributed by atoms with van der Waals surface area (Å²) >= 11 is 5.67. The Bertz CT molecular complexity index is 558. The second kappa shape index (κ2) is 5.46. The summed E-state index contributed by atoms with van der Waals surface area (Å²) in [6.07, 6.45) is 2.82. The Labute approximate surface area is 109 Å². The molecule has 0 aliphatic rings. The molecule has 0 saturated heterocycles. The molecule has 2 rings (SSSR count). The van der Waals surface area contributed by atoms with Gasteiger partial charge in [-0.15, -0.1) is 0 Å². The molecule has 0 saturated carbocycles. The van der Waals surface area contributed by atoms with Crippen LogP contribution in [-0.4, -0.2) is 23.0 Å². The van der Waals surface area contributed by atoms with Crippen LogP contribution in [0.25, 0.3) is 0 Å². The largest absolute Gasteiger partial charge is 0.497 e. The lowest BCUT2D eigenvalue weighted by molar-refractivity contribution is 0.102. The van der Waals surface area contributed by atoms with Gasteiger partial charge in [0, 0.05) is 5.56 Å². The maximum absolute atomic E-state index is 11.9. The van der Waals surface area contributed by atoms with Crippen molar-refractivity contribution in [2.75, 3.05) is 12.4 Å². The number of aromatic nitrogens is 2. The number of hydrogen-bond acceptors (Lipinski definition) is 4. The normalized spacial score (nSPS) is 9.89. The van der Waals surface area contributed by atoms with Crippen LogP contribution < -0.4 is 10.1 Å². The average Bonchev–Trinajstić information content (AvgIpc) is 2.39. The molecule has 18 heavy (non-hydrogen) atoms. The van der Waals surface area contributed by atoms with Crippen LogP contribution in [0.2, 0.25) is 5.15 Å². The Balaban J connectivity index is 2.11. The summed E-state index contributed by atoms with van der Waals surface area (Å²) in [6.45, 7) is 0. The number of nitrogens with zero attached hydrogens (tertiary/aromatic N) is 2. The van der Waals surface area contributed by atoms with E-state index in [9.17, 15) is 4.79 Å². The van der Waals surface area contributed by atoms with Crippen LogP contribution in [0.5, 0.6) is 5.75 Å². The lowest BCUT2D eigenvalue weighted by atomic mass is 10.2. The van der Waals surface area contributed by atoms with Gasteiger partial charge in [0.25, 0.3) is 5.91 Å². The fourth-order valence-corrected chi connectivity index (χ4v) is 1.48. The summed E-state index contributed by atoms with van der Waals surface area (Å²) in [5, 5.41) is 2.82. The molecule has 0 aliphatic carbocycles. The molecule has 1 aromatic carbocycles. The Morgan fingerprint density at radius 1 is 1.28 bits per heavy atom. The zero-order valence-electron chi connectivity index (χ0n) is 9.55. The molecule has 1 N–H and O–H groups in total. The fourth-order valence-electron chi connectivity index (χ4n) is 1.33. The van der Waals surface area contributed by atoms with Gasteiger partial charge in [-0.25, -0.2) is 4.98 Å². The number of methoxy groups -OCH3 is 1. The van der Waals surface area contributed by atoms with Crippen molar-refractivity contribution < 1.29 is 9.53 Å². The lowest BCUT2D eigenvalue weighted by Crippen LogP contribution is -2.13. The molecular weight excluding hydrogens is 254 g/mol. The van der Waals surface area contributed by atoms with Crippen LogP contribution in [0.3, 0.4) is 0 Å². The third kappa shape index (κ3) is 2.95. The number of carbonyl (C=O) groups excluding carboxylic acids is 1. The van der Waals surface area contributed by atoms with E-state index in [2.05, 4.69) is 15.3 Å². The Morgan fingerprint density at radius 2 is 2.00 bits per heavy atom. The first kappa shape index (κ1) is 12.3. The molecule has 6 heteroatoms. The zero-order chi connectivity index (χ0) is 13.0. The number of benzene rings is 1. The zero-order valence-corrected chi connectivity index (χ0v) is 10.3. The third-order valence-corrected chi connectivity index (χ3v) is 2.38. The van der Waals surface area contributed by atoms with Gasteiger partial charge >= 0.3 is 0 Å². The van der Waals surface area contributed by atoms with E-state index >= 15 is 0 Å². The summed E-state index contributed by atoms with van der Waals surface area (Å²) in [7, 11) is 1.57. The van der Waals surface area contributed by atoms with E-state index in [0.29, 0.717) is 17.1 Å². The van der Waals surface area contributed by atoms with E-state index in [1.807, 2.05) is 0 Å². The van der Waals surface area contributed by atoms with Crippen LogP contribution in [-0.2, 0) is 0 Å². The van der Waals surface area contributed by atoms with Gasteiger partial charge in [-0.1, -0.05) is 11.6 Å². The van der Waals surface area contributed by atoms with Gasteiger partial charge in [-0.05, 0) is 24.3 Å². The second-order valence-corrected chi connectivity index (χ2v) is 3.80. The summed E-state index contributed by atoms with van der Waals surface area (Å²) < 4.78 is 5.01.